The zero-order valence-corrected chi connectivity index (χ0v) is 10.5. The Morgan fingerprint density at radius 2 is 1.81 bits per heavy atom. The van der Waals surface area contributed by atoms with E-state index in [9.17, 15) is 0 Å². The van der Waals surface area contributed by atoms with Gasteiger partial charge < -0.3 is 14.4 Å². The van der Waals surface area contributed by atoms with Crippen LogP contribution in [-0.4, -0.2) is 38.9 Å². The third kappa shape index (κ3) is 3.59. The third-order valence-electron chi connectivity index (χ3n) is 2.75. The van der Waals surface area contributed by atoms with Crippen LogP contribution in [0.1, 0.15) is 18.6 Å². The zero-order valence-electron chi connectivity index (χ0n) is 10.5. The SMILES string of the molecule is COCO[C@H](c1ccccc1)[C@H](C)N(C)C. The Morgan fingerprint density at radius 3 is 2.31 bits per heavy atom. The fraction of sp³-hybridized carbons (Fsp3) is 0.538. The molecule has 0 aliphatic rings. The first kappa shape index (κ1) is 13.2. The van der Waals surface area contributed by atoms with Crippen LogP contribution in [0.15, 0.2) is 30.3 Å². The molecule has 0 radical (unpaired) electrons. The summed E-state index contributed by atoms with van der Waals surface area (Å²) < 4.78 is 10.7. The molecule has 0 aromatic heterocycles. The van der Waals surface area contributed by atoms with E-state index in [1.54, 1.807) is 7.11 Å². The lowest BCUT2D eigenvalue weighted by atomic mass is 10.0. The van der Waals surface area contributed by atoms with E-state index < -0.39 is 0 Å². The Bertz CT molecular complexity index is 287. The third-order valence-corrected chi connectivity index (χ3v) is 2.75. The lowest BCUT2D eigenvalue weighted by Gasteiger charge is -2.29. The smallest absolute Gasteiger partial charge is 0.147 e. The van der Waals surface area contributed by atoms with Crippen molar-refractivity contribution >= 4 is 0 Å². The highest BCUT2D eigenvalue weighted by molar-refractivity contribution is 5.18. The molecule has 0 saturated carbocycles. The first-order valence-corrected chi connectivity index (χ1v) is 5.48. The number of likely N-dealkylation sites (N-methyl/N-ethyl adjacent to an activating group) is 1. The van der Waals surface area contributed by atoms with E-state index >= 15 is 0 Å². The van der Waals surface area contributed by atoms with Gasteiger partial charge in [0.1, 0.15) is 12.9 Å². The maximum Gasteiger partial charge on any atom is 0.147 e. The summed E-state index contributed by atoms with van der Waals surface area (Å²) in [6, 6.07) is 10.5. The first-order chi connectivity index (χ1) is 7.66. The average molecular weight is 223 g/mol. The molecule has 0 aliphatic carbocycles. The van der Waals surface area contributed by atoms with E-state index in [1.807, 2.05) is 18.2 Å². The summed E-state index contributed by atoms with van der Waals surface area (Å²) in [6.07, 6.45) is 0.0381. The Kier molecular flexibility index (Phi) is 5.46. The van der Waals surface area contributed by atoms with Gasteiger partial charge >= 0.3 is 0 Å². The van der Waals surface area contributed by atoms with E-state index in [4.69, 9.17) is 9.47 Å². The van der Waals surface area contributed by atoms with Crippen LogP contribution in [0.2, 0.25) is 0 Å². The highest BCUT2D eigenvalue weighted by Gasteiger charge is 2.21. The van der Waals surface area contributed by atoms with Crippen molar-refractivity contribution in [1.29, 1.82) is 0 Å². The molecule has 0 bridgehead atoms. The molecule has 0 saturated heterocycles. The number of hydrogen-bond donors (Lipinski definition) is 0. The Balaban J connectivity index is 2.79. The predicted molar refractivity (Wildman–Crippen MR) is 65.3 cm³/mol. The minimum atomic E-state index is 0.0381. The van der Waals surface area contributed by atoms with Gasteiger partial charge in [0.15, 0.2) is 0 Å². The van der Waals surface area contributed by atoms with Crippen molar-refractivity contribution < 1.29 is 9.47 Å². The molecular weight excluding hydrogens is 202 g/mol. The van der Waals surface area contributed by atoms with E-state index in [0.717, 1.165) is 0 Å². The normalized spacial score (nSPS) is 15.1. The molecule has 0 heterocycles. The van der Waals surface area contributed by atoms with Gasteiger partial charge in [-0.3, -0.25) is 0 Å². The van der Waals surface area contributed by atoms with Gasteiger partial charge in [-0.15, -0.1) is 0 Å². The van der Waals surface area contributed by atoms with E-state index in [0.29, 0.717) is 12.8 Å². The highest BCUT2D eigenvalue weighted by Crippen LogP contribution is 2.23. The lowest BCUT2D eigenvalue weighted by Crippen LogP contribution is -2.33. The highest BCUT2D eigenvalue weighted by atomic mass is 16.7. The minimum Gasteiger partial charge on any atom is -0.359 e. The van der Waals surface area contributed by atoms with Gasteiger partial charge in [0.05, 0.1) is 0 Å². The number of rotatable bonds is 6. The first-order valence-electron chi connectivity index (χ1n) is 5.48. The molecule has 16 heavy (non-hydrogen) atoms. The number of nitrogens with zero attached hydrogens (tertiary/aromatic N) is 1. The quantitative estimate of drug-likeness (QED) is 0.691. The number of hydrogen-bond acceptors (Lipinski definition) is 3. The minimum absolute atomic E-state index is 0.0381. The molecule has 90 valence electrons. The van der Waals surface area contributed by atoms with Crippen LogP contribution >= 0.6 is 0 Å². The van der Waals surface area contributed by atoms with Crippen LogP contribution in [0.3, 0.4) is 0 Å². The van der Waals surface area contributed by atoms with Crippen LogP contribution in [0.5, 0.6) is 0 Å². The van der Waals surface area contributed by atoms with Gasteiger partial charge in [0.2, 0.25) is 0 Å². The molecule has 0 fully saturated rings. The average Bonchev–Trinajstić information content (AvgIpc) is 2.30. The maximum absolute atomic E-state index is 5.74. The van der Waals surface area contributed by atoms with Crippen LogP contribution in [0.4, 0.5) is 0 Å². The molecule has 0 amide bonds. The van der Waals surface area contributed by atoms with Gasteiger partial charge in [-0.25, -0.2) is 0 Å². The topological polar surface area (TPSA) is 21.7 Å². The standard InChI is InChI=1S/C13H21NO2/c1-11(14(2)3)13(16-10-15-4)12-8-6-5-7-9-12/h5-9,11,13H,10H2,1-4H3/t11-,13-/m0/s1. The van der Waals surface area contributed by atoms with Crippen molar-refractivity contribution in [1.82, 2.24) is 4.90 Å². The maximum atomic E-state index is 5.74. The summed E-state index contributed by atoms with van der Waals surface area (Å²) in [4.78, 5) is 2.15. The number of methoxy groups -OCH3 is 1. The molecular formula is C13H21NO2. The van der Waals surface area contributed by atoms with Crippen LogP contribution in [-0.2, 0) is 9.47 Å². The molecule has 3 nitrogen and oxygen atoms in total. The van der Waals surface area contributed by atoms with Crippen LogP contribution < -0.4 is 0 Å². The summed E-state index contributed by atoms with van der Waals surface area (Å²) in [6.45, 7) is 2.46. The lowest BCUT2D eigenvalue weighted by molar-refractivity contribution is -0.0943. The van der Waals surface area contributed by atoms with Gasteiger partial charge in [0.25, 0.3) is 0 Å². The molecule has 1 rings (SSSR count). The van der Waals surface area contributed by atoms with Crippen molar-refractivity contribution in [2.24, 2.45) is 0 Å². The number of benzene rings is 1. The summed E-state index contributed by atoms with van der Waals surface area (Å²) in [5, 5.41) is 0. The zero-order chi connectivity index (χ0) is 12.0. The van der Waals surface area contributed by atoms with E-state index in [1.165, 1.54) is 5.56 Å². The predicted octanol–water partition coefficient (Wildman–Crippen LogP) is 2.30. The molecule has 0 N–H and O–H groups in total. The summed E-state index contributed by atoms with van der Waals surface area (Å²) in [7, 11) is 5.75. The summed E-state index contributed by atoms with van der Waals surface area (Å²) >= 11 is 0. The molecule has 1 aromatic rings. The van der Waals surface area contributed by atoms with E-state index in [2.05, 4.69) is 38.1 Å². The fourth-order valence-electron chi connectivity index (χ4n) is 1.57. The van der Waals surface area contributed by atoms with Crippen molar-refractivity contribution in [3.05, 3.63) is 35.9 Å². The second kappa shape index (κ2) is 6.63. The van der Waals surface area contributed by atoms with Crippen molar-refractivity contribution in [3.63, 3.8) is 0 Å². The molecule has 0 unspecified atom stereocenters. The van der Waals surface area contributed by atoms with Crippen LogP contribution in [0.25, 0.3) is 0 Å². The van der Waals surface area contributed by atoms with Gasteiger partial charge in [-0.1, -0.05) is 30.3 Å². The fourth-order valence-corrected chi connectivity index (χ4v) is 1.57. The van der Waals surface area contributed by atoms with Gasteiger partial charge in [-0.05, 0) is 26.6 Å². The Hall–Kier alpha value is -0.900. The second-order valence-electron chi connectivity index (χ2n) is 4.11. The van der Waals surface area contributed by atoms with E-state index in [-0.39, 0.29) is 6.10 Å². The Morgan fingerprint density at radius 1 is 1.19 bits per heavy atom. The summed E-state index contributed by atoms with van der Waals surface area (Å²) in [5.74, 6) is 0. The summed E-state index contributed by atoms with van der Waals surface area (Å²) in [5.41, 5.74) is 1.18. The van der Waals surface area contributed by atoms with Crippen molar-refractivity contribution in [3.8, 4) is 0 Å². The molecule has 1 aromatic carbocycles. The van der Waals surface area contributed by atoms with Crippen molar-refractivity contribution in [2.45, 2.75) is 19.1 Å². The second-order valence-corrected chi connectivity index (χ2v) is 4.11. The molecule has 0 aliphatic heterocycles. The van der Waals surface area contributed by atoms with Crippen molar-refractivity contribution in [2.75, 3.05) is 28.0 Å². The largest absolute Gasteiger partial charge is 0.359 e. The monoisotopic (exact) mass is 223 g/mol. The van der Waals surface area contributed by atoms with Crippen LogP contribution in [0, 0.1) is 0 Å². The van der Waals surface area contributed by atoms with Gasteiger partial charge in [-0.2, -0.15) is 0 Å². The Labute approximate surface area is 98.0 Å². The number of ether oxygens (including phenoxy) is 2. The molecule has 3 heteroatoms. The molecule has 2 atom stereocenters. The van der Waals surface area contributed by atoms with Gasteiger partial charge in [0, 0.05) is 13.2 Å². The molecule has 0 spiro atoms.